The molecular weight excluding hydrogens is 364 g/mol. The van der Waals surface area contributed by atoms with Gasteiger partial charge in [0.15, 0.2) is 5.96 Å². The lowest BCUT2D eigenvalue weighted by atomic mass is 10.1. The number of para-hydroxylation sites is 1. The van der Waals surface area contributed by atoms with E-state index in [0.29, 0.717) is 6.54 Å². The molecule has 2 aromatic rings. The van der Waals surface area contributed by atoms with Crippen molar-refractivity contribution >= 4 is 5.96 Å². The van der Waals surface area contributed by atoms with E-state index in [-0.39, 0.29) is 0 Å². The SMILES string of the molecule is CCNC(=NCc1ccccc1OC)NCc1ccccc1CN1CCOCC1. The summed E-state index contributed by atoms with van der Waals surface area (Å²) in [6, 6.07) is 16.6. The van der Waals surface area contributed by atoms with Gasteiger partial charge in [0, 0.05) is 38.3 Å². The number of nitrogens with one attached hydrogen (secondary N) is 2. The first-order valence-corrected chi connectivity index (χ1v) is 10.3. The molecule has 1 heterocycles. The Morgan fingerprint density at radius 2 is 1.69 bits per heavy atom. The van der Waals surface area contributed by atoms with Crippen LogP contribution >= 0.6 is 0 Å². The molecule has 3 rings (SSSR count). The number of methoxy groups -OCH3 is 1. The number of hydrogen-bond acceptors (Lipinski definition) is 4. The van der Waals surface area contributed by atoms with Crippen LogP contribution in [-0.2, 0) is 24.4 Å². The van der Waals surface area contributed by atoms with Crippen LogP contribution in [0.3, 0.4) is 0 Å². The predicted octanol–water partition coefficient (Wildman–Crippen LogP) is 2.78. The van der Waals surface area contributed by atoms with E-state index >= 15 is 0 Å². The molecule has 0 spiro atoms. The Labute approximate surface area is 173 Å². The van der Waals surface area contributed by atoms with E-state index in [1.54, 1.807) is 7.11 Å². The van der Waals surface area contributed by atoms with Crippen molar-refractivity contribution in [3.8, 4) is 5.75 Å². The van der Waals surface area contributed by atoms with Gasteiger partial charge in [-0.3, -0.25) is 4.90 Å². The van der Waals surface area contributed by atoms with Crippen molar-refractivity contribution in [2.45, 2.75) is 26.6 Å². The maximum absolute atomic E-state index is 5.47. The first-order valence-electron chi connectivity index (χ1n) is 10.3. The zero-order chi connectivity index (χ0) is 20.3. The molecule has 6 heteroatoms. The maximum atomic E-state index is 5.47. The summed E-state index contributed by atoms with van der Waals surface area (Å²) in [5.41, 5.74) is 3.71. The Hall–Kier alpha value is -2.57. The summed E-state index contributed by atoms with van der Waals surface area (Å²) in [5, 5.41) is 6.81. The van der Waals surface area contributed by atoms with Gasteiger partial charge >= 0.3 is 0 Å². The summed E-state index contributed by atoms with van der Waals surface area (Å²) in [7, 11) is 1.69. The first kappa shape index (κ1) is 21.1. The van der Waals surface area contributed by atoms with E-state index in [2.05, 4.69) is 46.7 Å². The fraction of sp³-hybridized carbons (Fsp3) is 0.435. The summed E-state index contributed by atoms with van der Waals surface area (Å²) in [6.07, 6.45) is 0. The second-order valence-electron chi connectivity index (χ2n) is 7.02. The lowest BCUT2D eigenvalue weighted by Gasteiger charge is -2.27. The van der Waals surface area contributed by atoms with Gasteiger partial charge in [-0.25, -0.2) is 4.99 Å². The molecule has 29 heavy (non-hydrogen) atoms. The average Bonchev–Trinajstić information content (AvgIpc) is 2.77. The molecule has 0 aliphatic carbocycles. The lowest BCUT2D eigenvalue weighted by Crippen LogP contribution is -2.38. The third-order valence-electron chi connectivity index (χ3n) is 5.01. The van der Waals surface area contributed by atoms with Crippen LogP contribution < -0.4 is 15.4 Å². The van der Waals surface area contributed by atoms with E-state index in [1.807, 2.05) is 24.3 Å². The molecule has 0 amide bonds. The van der Waals surface area contributed by atoms with Gasteiger partial charge in [0.1, 0.15) is 5.75 Å². The predicted molar refractivity (Wildman–Crippen MR) is 117 cm³/mol. The van der Waals surface area contributed by atoms with E-state index in [4.69, 9.17) is 14.5 Å². The van der Waals surface area contributed by atoms with Gasteiger partial charge in [-0.05, 0) is 24.1 Å². The molecule has 6 nitrogen and oxygen atoms in total. The van der Waals surface area contributed by atoms with Crippen LogP contribution in [0.1, 0.15) is 23.6 Å². The van der Waals surface area contributed by atoms with Crippen molar-refractivity contribution in [3.05, 3.63) is 65.2 Å². The highest BCUT2D eigenvalue weighted by atomic mass is 16.5. The molecule has 0 atom stereocenters. The van der Waals surface area contributed by atoms with Crippen LogP contribution in [-0.4, -0.2) is 50.8 Å². The quantitative estimate of drug-likeness (QED) is 0.531. The lowest BCUT2D eigenvalue weighted by molar-refractivity contribution is 0.0341. The Morgan fingerprint density at radius 3 is 2.41 bits per heavy atom. The normalized spacial score (nSPS) is 15.2. The van der Waals surface area contributed by atoms with Crippen LogP contribution in [0.15, 0.2) is 53.5 Å². The highest BCUT2D eigenvalue weighted by Crippen LogP contribution is 2.18. The van der Waals surface area contributed by atoms with Gasteiger partial charge in [0.2, 0.25) is 0 Å². The minimum Gasteiger partial charge on any atom is -0.496 e. The molecule has 2 aromatic carbocycles. The molecular formula is C23H32N4O2. The first-order chi connectivity index (χ1) is 14.3. The molecule has 0 bridgehead atoms. The van der Waals surface area contributed by atoms with E-state index < -0.39 is 0 Å². The standard InChI is InChI=1S/C23H32N4O2/c1-3-24-23(26-17-20-9-6-7-11-22(20)28-2)25-16-19-8-4-5-10-21(19)18-27-12-14-29-15-13-27/h4-11H,3,12-18H2,1-2H3,(H2,24,25,26). The Kier molecular flexibility index (Phi) is 8.34. The summed E-state index contributed by atoms with van der Waals surface area (Å²) in [5.74, 6) is 1.67. The van der Waals surface area contributed by atoms with Gasteiger partial charge in [-0.1, -0.05) is 42.5 Å². The fourth-order valence-electron chi connectivity index (χ4n) is 3.40. The Bertz CT molecular complexity index is 788. The average molecular weight is 397 g/mol. The van der Waals surface area contributed by atoms with Crippen molar-refractivity contribution in [2.75, 3.05) is 40.0 Å². The van der Waals surface area contributed by atoms with Crippen LogP contribution in [0.25, 0.3) is 0 Å². The van der Waals surface area contributed by atoms with E-state index in [1.165, 1.54) is 11.1 Å². The van der Waals surface area contributed by atoms with E-state index in [0.717, 1.165) is 63.2 Å². The summed E-state index contributed by atoms with van der Waals surface area (Å²) in [6.45, 7) is 8.76. The monoisotopic (exact) mass is 396 g/mol. The smallest absolute Gasteiger partial charge is 0.191 e. The molecule has 1 aliphatic heterocycles. The van der Waals surface area contributed by atoms with Crippen molar-refractivity contribution in [3.63, 3.8) is 0 Å². The minimum atomic E-state index is 0.564. The number of ether oxygens (including phenoxy) is 2. The summed E-state index contributed by atoms with van der Waals surface area (Å²) >= 11 is 0. The number of aliphatic imine (C=N–C) groups is 1. The Balaban J connectivity index is 1.64. The molecule has 1 fully saturated rings. The number of benzene rings is 2. The van der Waals surface area contributed by atoms with Crippen molar-refractivity contribution in [1.82, 2.24) is 15.5 Å². The Morgan fingerprint density at radius 1 is 1.00 bits per heavy atom. The molecule has 2 N–H and O–H groups in total. The summed E-state index contributed by atoms with van der Waals surface area (Å²) < 4.78 is 10.9. The number of rotatable bonds is 8. The molecule has 0 radical (unpaired) electrons. The molecule has 0 unspecified atom stereocenters. The van der Waals surface area contributed by atoms with E-state index in [9.17, 15) is 0 Å². The van der Waals surface area contributed by atoms with Gasteiger partial charge in [-0.15, -0.1) is 0 Å². The van der Waals surface area contributed by atoms with Crippen molar-refractivity contribution < 1.29 is 9.47 Å². The highest BCUT2D eigenvalue weighted by Gasteiger charge is 2.13. The minimum absolute atomic E-state index is 0.564. The third-order valence-corrected chi connectivity index (χ3v) is 5.01. The molecule has 156 valence electrons. The van der Waals surface area contributed by atoms with Crippen LogP contribution in [0, 0.1) is 0 Å². The molecule has 0 saturated carbocycles. The zero-order valence-electron chi connectivity index (χ0n) is 17.5. The second kappa shape index (κ2) is 11.4. The van der Waals surface area contributed by atoms with Crippen LogP contribution in [0.4, 0.5) is 0 Å². The molecule has 0 aromatic heterocycles. The number of morpholine rings is 1. The van der Waals surface area contributed by atoms with Crippen LogP contribution in [0.2, 0.25) is 0 Å². The number of guanidine groups is 1. The second-order valence-corrected chi connectivity index (χ2v) is 7.02. The largest absolute Gasteiger partial charge is 0.496 e. The van der Waals surface area contributed by atoms with Gasteiger partial charge in [0.05, 0.1) is 26.9 Å². The number of nitrogens with zero attached hydrogens (tertiary/aromatic N) is 2. The third kappa shape index (κ3) is 6.48. The zero-order valence-corrected chi connectivity index (χ0v) is 17.5. The van der Waals surface area contributed by atoms with Gasteiger partial charge < -0.3 is 20.1 Å². The topological polar surface area (TPSA) is 58.1 Å². The van der Waals surface area contributed by atoms with Crippen molar-refractivity contribution in [1.29, 1.82) is 0 Å². The van der Waals surface area contributed by atoms with Gasteiger partial charge in [0.25, 0.3) is 0 Å². The summed E-state index contributed by atoms with van der Waals surface area (Å²) in [4.78, 5) is 7.19. The van der Waals surface area contributed by atoms with Crippen molar-refractivity contribution in [2.24, 2.45) is 4.99 Å². The molecule has 1 saturated heterocycles. The maximum Gasteiger partial charge on any atom is 0.191 e. The number of hydrogen-bond donors (Lipinski definition) is 2. The van der Waals surface area contributed by atoms with Crippen LogP contribution in [0.5, 0.6) is 5.75 Å². The fourth-order valence-corrected chi connectivity index (χ4v) is 3.40. The highest BCUT2D eigenvalue weighted by molar-refractivity contribution is 5.79. The molecule has 1 aliphatic rings. The van der Waals surface area contributed by atoms with Gasteiger partial charge in [-0.2, -0.15) is 0 Å².